The van der Waals surface area contributed by atoms with E-state index in [1.54, 1.807) is 0 Å². The van der Waals surface area contributed by atoms with Crippen molar-refractivity contribution in [3.8, 4) is 0 Å². The van der Waals surface area contributed by atoms with E-state index >= 15 is 0 Å². The Kier molecular flexibility index (Phi) is 6.95. The fraction of sp³-hybridized carbons (Fsp3) is 0.250. The first kappa shape index (κ1) is 20.2. The van der Waals surface area contributed by atoms with Crippen LogP contribution in [0.25, 0.3) is 0 Å². The van der Waals surface area contributed by atoms with Gasteiger partial charge in [0, 0.05) is 13.5 Å². The zero-order valence-electron chi connectivity index (χ0n) is 16.2. The second-order valence-electron chi connectivity index (χ2n) is 6.59. The molecule has 4 nitrogen and oxygen atoms in total. The van der Waals surface area contributed by atoms with Gasteiger partial charge in [-0.2, -0.15) is 0 Å². The van der Waals surface area contributed by atoms with Crippen molar-refractivity contribution >= 4 is 0 Å². The van der Waals surface area contributed by atoms with Gasteiger partial charge in [0.25, 0.3) is 0 Å². The molecular weight excluding hydrogens is 352 g/mol. The summed E-state index contributed by atoms with van der Waals surface area (Å²) in [5, 5.41) is 11.6. The molecule has 0 saturated carbocycles. The summed E-state index contributed by atoms with van der Waals surface area (Å²) < 4.78 is 5.36. The van der Waals surface area contributed by atoms with Crippen LogP contribution in [-0.4, -0.2) is 31.7 Å². The van der Waals surface area contributed by atoms with Crippen molar-refractivity contribution in [2.24, 2.45) is 0 Å². The molecule has 0 amide bonds. The van der Waals surface area contributed by atoms with Gasteiger partial charge in [0.15, 0.2) is 6.29 Å². The highest BCUT2D eigenvalue weighted by molar-refractivity contribution is 5.51. The number of aliphatic hydroxyl groups is 1. The van der Waals surface area contributed by atoms with Gasteiger partial charge < -0.3 is 9.84 Å². The van der Waals surface area contributed by atoms with Gasteiger partial charge in [-0.3, -0.25) is 0 Å². The largest absolute Gasteiger partial charge is 0.391 e. The molecule has 4 heteroatoms. The summed E-state index contributed by atoms with van der Waals surface area (Å²) in [6.07, 6.45) is -1.31. The first-order valence-electron chi connectivity index (χ1n) is 9.30. The Bertz CT molecular complexity index is 724. The molecule has 0 bridgehead atoms. The van der Waals surface area contributed by atoms with Crippen molar-refractivity contribution in [1.29, 1.82) is 0 Å². The maximum absolute atomic E-state index is 11.6. The molecule has 28 heavy (non-hydrogen) atoms. The summed E-state index contributed by atoms with van der Waals surface area (Å²) in [6.45, 7) is 0. The van der Waals surface area contributed by atoms with Gasteiger partial charge in [0.2, 0.25) is 0 Å². The van der Waals surface area contributed by atoms with E-state index in [9.17, 15) is 5.11 Å². The fourth-order valence-corrected chi connectivity index (χ4v) is 3.82. The number of methoxy groups -OCH3 is 1. The molecule has 2 unspecified atom stereocenters. The highest BCUT2D eigenvalue weighted by atomic mass is 17.2. The zero-order chi connectivity index (χ0) is 19.8. The Morgan fingerprint density at radius 2 is 1.11 bits per heavy atom. The molecule has 3 aromatic rings. The van der Waals surface area contributed by atoms with Crippen LogP contribution in [0.1, 0.15) is 23.1 Å². The molecule has 0 aromatic heterocycles. The zero-order valence-corrected chi connectivity index (χ0v) is 16.2. The van der Waals surface area contributed by atoms with Crippen LogP contribution in [0, 0.1) is 0 Å². The molecule has 146 valence electrons. The van der Waals surface area contributed by atoms with Crippen LogP contribution in [0.3, 0.4) is 0 Å². The van der Waals surface area contributed by atoms with Gasteiger partial charge in [-0.15, -0.1) is 0 Å². The third-order valence-electron chi connectivity index (χ3n) is 5.07. The van der Waals surface area contributed by atoms with Crippen molar-refractivity contribution in [3.05, 3.63) is 108 Å². The van der Waals surface area contributed by atoms with Crippen LogP contribution < -0.4 is 0 Å². The topological polar surface area (TPSA) is 47.9 Å². The predicted molar refractivity (Wildman–Crippen MR) is 109 cm³/mol. The molecule has 2 atom stereocenters. The smallest absolute Gasteiger partial charge is 0.193 e. The quantitative estimate of drug-likeness (QED) is 0.261. The Labute approximate surface area is 166 Å². The lowest BCUT2D eigenvalue weighted by Gasteiger charge is -2.40. The minimum absolute atomic E-state index is 0.225. The first-order valence-corrected chi connectivity index (χ1v) is 9.30. The third-order valence-corrected chi connectivity index (χ3v) is 5.07. The van der Waals surface area contributed by atoms with Gasteiger partial charge in [-0.25, -0.2) is 9.78 Å². The Morgan fingerprint density at radius 3 is 1.43 bits per heavy atom. The summed E-state index contributed by atoms with van der Waals surface area (Å²) in [6, 6.07) is 30.1. The van der Waals surface area contributed by atoms with E-state index in [1.807, 2.05) is 91.0 Å². The predicted octanol–water partition coefficient (Wildman–Crippen LogP) is 4.32. The first-order chi connectivity index (χ1) is 13.7. The number of rotatable bonds is 9. The standard InChI is InChI=1S/C24H26O4/c1-26-23(28-27-2)18-22(25)24(19-12-6-3-7-13-19,20-14-8-4-9-15-20)21-16-10-5-11-17-21/h3-17,22-23,25H,18H2,1-2H3. The van der Waals surface area contributed by atoms with Crippen LogP contribution in [0.4, 0.5) is 0 Å². The van der Waals surface area contributed by atoms with Gasteiger partial charge >= 0.3 is 0 Å². The summed E-state index contributed by atoms with van der Waals surface area (Å²) in [5.41, 5.74) is 2.18. The van der Waals surface area contributed by atoms with Crippen LogP contribution in [0.5, 0.6) is 0 Å². The number of hydrogen-bond acceptors (Lipinski definition) is 4. The molecular formula is C24H26O4. The van der Waals surface area contributed by atoms with Crippen LogP contribution >= 0.6 is 0 Å². The molecule has 0 spiro atoms. The van der Waals surface area contributed by atoms with Crippen molar-refractivity contribution in [3.63, 3.8) is 0 Å². The second kappa shape index (κ2) is 9.62. The fourth-order valence-electron chi connectivity index (χ4n) is 3.82. The number of ether oxygens (including phenoxy) is 1. The number of benzene rings is 3. The highest BCUT2D eigenvalue weighted by Crippen LogP contribution is 2.43. The molecule has 3 aromatic carbocycles. The average Bonchev–Trinajstić information content (AvgIpc) is 2.76. The van der Waals surface area contributed by atoms with E-state index in [1.165, 1.54) is 14.2 Å². The summed E-state index contributed by atoms with van der Waals surface area (Å²) in [5.74, 6) is 0. The molecule has 0 saturated heterocycles. The molecule has 0 heterocycles. The van der Waals surface area contributed by atoms with Crippen molar-refractivity contribution in [2.75, 3.05) is 14.2 Å². The molecule has 0 fully saturated rings. The van der Waals surface area contributed by atoms with Gasteiger partial charge in [0.05, 0.1) is 18.6 Å². The average molecular weight is 378 g/mol. The minimum Gasteiger partial charge on any atom is -0.391 e. The van der Waals surface area contributed by atoms with E-state index in [4.69, 9.17) is 14.5 Å². The lowest BCUT2D eigenvalue weighted by atomic mass is 9.65. The summed E-state index contributed by atoms with van der Waals surface area (Å²) in [7, 11) is 2.96. The van der Waals surface area contributed by atoms with Crippen molar-refractivity contribution < 1.29 is 19.6 Å². The molecule has 0 aliphatic rings. The van der Waals surface area contributed by atoms with Crippen molar-refractivity contribution in [2.45, 2.75) is 24.2 Å². The molecule has 0 aliphatic heterocycles. The van der Waals surface area contributed by atoms with Gasteiger partial charge in [-0.1, -0.05) is 91.0 Å². The van der Waals surface area contributed by atoms with E-state index in [-0.39, 0.29) is 6.42 Å². The van der Waals surface area contributed by atoms with E-state index in [0.29, 0.717) is 0 Å². The summed E-state index contributed by atoms with van der Waals surface area (Å²) >= 11 is 0. The maximum atomic E-state index is 11.6. The van der Waals surface area contributed by atoms with Crippen LogP contribution in [0.15, 0.2) is 91.0 Å². The minimum atomic E-state index is -0.834. The Morgan fingerprint density at radius 1 is 0.714 bits per heavy atom. The van der Waals surface area contributed by atoms with E-state index in [2.05, 4.69) is 0 Å². The Hall–Kier alpha value is -2.50. The lowest BCUT2D eigenvalue weighted by Crippen LogP contribution is -2.44. The second-order valence-corrected chi connectivity index (χ2v) is 6.59. The Balaban J connectivity index is 2.22. The number of aliphatic hydroxyl groups excluding tert-OH is 1. The molecule has 1 N–H and O–H groups in total. The summed E-state index contributed by atoms with van der Waals surface area (Å²) in [4.78, 5) is 9.97. The van der Waals surface area contributed by atoms with Crippen LogP contribution in [0.2, 0.25) is 0 Å². The van der Waals surface area contributed by atoms with Crippen LogP contribution in [-0.2, 0) is 19.9 Å². The third kappa shape index (κ3) is 4.01. The highest BCUT2D eigenvalue weighted by Gasteiger charge is 2.44. The van der Waals surface area contributed by atoms with E-state index < -0.39 is 17.8 Å². The SMILES string of the molecule is COOC(CC(O)C(c1ccccc1)(c1ccccc1)c1ccccc1)OC. The van der Waals surface area contributed by atoms with Gasteiger partial charge in [-0.05, 0) is 16.7 Å². The number of hydrogen-bond donors (Lipinski definition) is 1. The van der Waals surface area contributed by atoms with Crippen molar-refractivity contribution in [1.82, 2.24) is 0 Å². The molecule has 3 rings (SSSR count). The van der Waals surface area contributed by atoms with E-state index in [0.717, 1.165) is 16.7 Å². The molecule has 0 radical (unpaired) electrons. The maximum Gasteiger partial charge on any atom is 0.193 e. The van der Waals surface area contributed by atoms with Gasteiger partial charge in [0.1, 0.15) is 0 Å². The lowest BCUT2D eigenvalue weighted by molar-refractivity contribution is -0.364. The molecule has 0 aliphatic carbocycles. The normalized spacial score (nSPS) is 13.8. The monoisotopic (exact) mass is 378 g/mol.